The molecule has 1 aliphatic rings. The number of rotatable bonds is 2. The third-order valence-corrected chi connectivity index (χ3v) is 5.39. The molecule has 1 aromatic heterocycles. The van der Waals surface area contributed by atoms with Crippen LogP contribution in [0.4, 0.5) is 5.13 Å². The molecule has 0 amide bonds. The monoisotopic (exact) mass is 269 g/mol. The fourth-order valence-electron chi connectivity index (χ4n) is 2.17. The van der Waals surface area contributed by atoms with Gasteiger partial charge in [-0.15, -0.1) is 10.2 Å². The van der Waals surface area contributed by atoms with Crippen LogP contribution in [-0.4, -0.2) is 34.0 Å². The molecular formula is C13H23N3OS. The summed E-state index contributed by atoms with van der Waals surface area (Å²) >= 11 is 1.67. The standard InChI is InChI=1S/C13H23N3OS/c1-9(2)10-14-15-11(18-10)16-7-6-13(5,17)12(3,4)8-16/h9,17H,6-8H2,1-5H3/t13-/m1/s1. The van der Waals surface area contributed by atoms with Crippen molar-refractivity contribution in [3.05, 3.63) is 5.01 Å². The Morgan fingerprint density at radius 2 is 1.94 bits per heavy atom. The van der Waals surface area contributed by atoms with Crippen molar-refractivity contribution < 1.29 is 5.11 Å². The van der Waals surface area contributed by atoms with E-state index in [1.54, 1.807) is 11.3 Å². The van der Waals surface area contributed by atoms with Gasteiger partial charge in [-0.2, -0.15) is 0 Å². The quantitative estimate of drug-likeness (QED) is 0.896. The fourth-order valence-corrected chi connectivity index (χ4v) is 3.04. The van der Waals surface area contributed by atoms with Crippen LogP contribution in [0.5, 0.6) is 0 Å². The summed E-state index contributed by atoms with van der Waals surface area (Å²) in [6.07, 6.45) is 0.774. The smallest absolute Gasteiger partial charge is 0.208 e. The molecule has 1 N–H and O–H groups in total. The first-order valence-corrected chi connectivity index (χ1v) is 7.35. The number of piperidine rings is 1. The number of aromatic nitrogens is 2. The second-order valence-corrected chi connectivity index (χ2v) is 7.39. The van der Waals surface area contributed by atoms with Crippen LogP contribution in [0.15, 0.2) is 0 Å². The maximum atomic E-state index is 10.4. The summed E-state index contributed by atoms with van der Waals surface area (Å²) in [5, 5.41) is 21.0. The van der Waals surface area contributed by atoms with Gasteiger partial charge >= 0.3 is 0 Å². The first-order valence-electron chi connectivity index (χ1n) is 6.54. The second-order valence-electron chi connectivity index (χ2n) is 6.41. The Kier molecular flexibility index (Phi) is 3.40. The van der Waals surface area contributed by atoms with E-state index in [1.807, 2.05) is 6.92 Å². The minimum Gasteiger partial charge on any atom is -0.389 e. The van der Waals surface area contributed by atoms with Gasteiger partial charge in [-0.05, 0) is 13.3 Å². The zero-order chi connectivity index (χ0) is 13.6. The van der Waals surface area contributed by atoms with Crippen LogP contribution in [0.2, 0.25) is 0 Å². The Hall–Kier alpha value is -0.680. The molecule has 0 radical (unpaired) electrons. The molecule has 0 spiro atoms. The molecule has 4 nitrogen and oxygen atoms in total. The zero-order valence-corrected chi connectivity index (χ0v) is 12.7. The molecule has 0 aliphatic carbocycles. The lowest BCUT2D eigenvalue weighted by Gasteiger charge is -2.48. The number of anilines is 1. The number of hydrogen-bond acceptors (Lipinski definition) is 5. The van der Waals surface area contributed by atoms with Crippen molar-refractivity contribution in [2.24, 2.45) is 5.41 Å². The Morgan fingerprint density at radius 3 is 2.44 bits per heavy atom. The second kappa shape index (κ2) is 4.46. The van der Waals surface area contributed by atoms with E-state index in [2.05, 4.69) is 42.8 Å². The van der Waals surface area contributed by atoms with Crippen LogP contribution >= 0.6 is 11.3 Å². The highest BCUT2D eigenvalue weighted by Gasteiger charge is 2.44. The van der Waals surface area contributed by atoms with Crippen LogP contribution in [0, 0.1) is 5.41 Å². The minimum atomic E-state index is -0.602. The Labute approximate surface area is 113 Å². The van der Waals surface area contributed by atoms with Crippen molar-refractivity contribution in [3.8, 4) is 0 Å². The van der Waals surface area contributed by atoms with Crippen LogP contribution in [0.3, 0.4) is 0 Å². The molecular weight excluding hydrogens is 246 g/mol. The van der Waals surface area contributed by atoms with E-state index in [0.29, 0.717) is 5.92 Å². The van der Waals surface area contributed by atoms with Crippen molar-refractivity contribution in [3.63, 3.8) is 0 Å². The largest absolute Gasteiger partial charge is 0.389 e. The third kappa shape index (κ3) is 2.38. The first kappa shape index (κ1) is 13.7. The summed E-state index contributed by atoms with van der Waals surface area (Å²) in [5.41, 5.74) is -0.732. The normalized spacial score (nSPS) is 27.8. The first-order chi connectivity index (χ1) is 8.23. The molecule has 0 bridgehead atoms. The topological polar surface area (TPSA) is 49.2 Å². The van der Waals surface area contributed by atoms with Crippen LogP contribution in [0.1, 0.15) is 52.0 Å². The molecule has 5 heteroatoms. The van der Waals surface area contributed by atoms with Gasteiger partial charge in [0.1, 0.15) is 5.01 Å². The lowest BCUT2D eigenvalue weighted by Crippen LogP contribution is -2.55. The molecule has 1 aromatic rings. The molecule has 2 rings (SSSR count). The summed E-state index contributed by atoms with van der Waals surface area (Å²) in [6, 6.07) is 0. The summed E-state index contributed by atoms with van der Waals surface area (Å²) < 4.78 is 0. The van der Waals surface area contributed by atoms with E-state index in [0.717, 1.165) is 29.6 Å². The van der Waals surface area contributed by atoms with Gasteiger partial charge in [0, 0.05) is 24.4 Å². The molecule has 1 aliphatic heterocycles. The van der Waals surface area contributed by atoms with Crippen LogP contribution in [0.25, 0.3) is 0 Å². The molecule has 102 valence electrons. The van der Waals surface area contributed by atoms with Gasteiger partial charge in [-0.1, -0.05) is 39.0 Å². The maximum absolute atomic E-state index is 10.4. The molecule has 0 aromatic carbocycles. The van der Waals surface area contributed by atoms with Crippen molar-refractivity contribution in [2.75, 3.05) is 18.0 Å². The van der Waals surface area contributed by atoms with Gasteiger partial charge in [0.2, 0.25) is 5.13 Å². The number of aliphatic hydroxyl groups is 1. The van der Waals surface area contributed by atoms with Gasteiger partial charge < -0.3 is 10.0 Å². The van der Waals surface area contributed by atoms with Crippen LogP contribution < -0.4 is 4.90 Å². The van der Waals surface area contributed by atoms with Gasteiger partial charge in [0.15, 0.2) is 0 Å². The highest BCUT2D eigenvalue weighted by molar-refractivity contribution is 7.15. The third-order valence-electron chi connectivity index (χ3n) is 4.11. The van der Waals surface area contributed by atoms with E-state index >= 15 is 0 Å². The SMILES string of the molecule is CC(C)c1nnc(N2CC[C@@](C)(O)C(C)(C)C2)s1. The summed E-state index contributed by atoms with van der Waals surface area (Å²) in [5.74, 6) is 0.428. The van der Waals surface area contributed by atoms with E-state index < -0.39 is 5.60 Å². The lowest BCUT2D eigenvalue weighted by molar-refractivity contribution is -0.0649. The molecule has 2 heterocycles. The maximum Gasteiger partial charge on any atom is 0.208 e. The summed E-state index contributed by atoms with van der Waals surface area (Å²) in [6.45, 7) is 12.1. The number of hydrogen-bond donors (Lipinski definition) is 1. The summed E-state index contributed by atoms with van der Waals surface area (Å²) in [4.78, 5) is 2.25. The lowest BCUT2D eigenvalue weighted by atomic mass is 9.71. The average Bonchev–Trinajstić information content (AvgIpc) is 2.71. The Balaban J connectivity index is 2.16. The van der Waals surface area contributed by atoms with Gasteiger partial charge in [-0.3, -0.25) is 0 Å². The Morgan fingerprint density at radius 1 is 1.28 bits per heavy atom. The predicted molar refractivity (Wildman–Crippen MR) is 75.2 cm³/mol. The predicted octanol–water partition coefficient (Wildman–Crippen LogP) is 2.65. The molecule has 1 saturated heterocycles. The van der Waals surface area contributed by atoms with Gasteiger partial charge in [0.05, 0.1) is 5.60 Å². The molecule has 1 atom stereocenters. The minimum absolute atomic E-state index is 0.130. The van der Waals surface area contributed by atoms with E-state index in [-0.39, 0.29) is 5.41 Å². The van der Waals surface area contributed by atoms with E-state index in [9.17, 15) is 5.11 Å². The molecule has 18 heavy (non-hydrogen) atoms. The van der Waals surface area contributed by atoms with Crippen molar-refractivity contribution in [1.82, 2.24) is 10.2 Å². The fraction of sp³-hybridized carbons (Fsp3) is 0.846. The summed E-state index contributed by atoms with van der Waals surface area (Å²) in [7, 11) is 0. The number of nitrogens with zero attached hydrogens (tertiary/aromatic N) is 3. The highest BCUT2D eigenvalue weighted by atomic mass is 32.1. The van der Waals surface area contributed by atoms with Crippen molar-refractivity contribution in [2.45, 2.75) is 52.6 Å². The Bertz CT molecular complexity index is 426. The molecule has 0 unspecified atom stereocenters. The average molecular weight is 269 g/mol. The van der Waals surface area contributed by atoms with Crippen LogP contribution in [-0.2, 0) is 0 Å². The van der Waals surface area contributed by atoms with Gasteiger partial charge in [0.25, 0.3) is 0 Å². The van der Waals surface area contributed by atoms with Crippen molar-refractivity contribution >= 4 is 16.5 Å². The molecule has 0 saturated carbocycles. The van der Waals surface area contributed by atoms with Crippen molar-refractivity contribution in [1.29, 1.82) is 0 Å². The highest BCUT2D eigenvalue weighted by Crippen LogP contribution is 2.40. The molecule has 1 fully saturated rings. The van der Waals surface area contributed by atoms with Gasteiger partial charge in [-0.25, -0.2) is 0 Å². The van der Waals surface area contributed by atoms with E-state index in [4.69, 9.17) is 0 Å². The zero-order valence-electron chi connectivity index (χ0n) is 11.9. The van der Waals surface area contributed by atoms with E-state index in [1.165, 1.54) is 0 Å².